The number of rotatable bonds is 8. The van der Waals surface area contributed by atoms with Crippen molar-refractivity contribution in [2.45, 2.75) is 37.8 Å². The van der Waals surface area contributed by atoms with Gasteiger partial charge in [-0.15, -0.1) is 0 Å². The second kappa shape index (κ2) is 16.1. The van der Waals surface area contributed by atoms with Gasteiger partial charge in [0.1, 0.15) is 0 Å². The predicted octanol–water partition coefficient (Wildman–Crippen LogP) is -4.78. The van der Waals surface area contributed by atoms with Crippen molar-refractivity contribution in [1.82, 2.24) is 0 Å². The molecule has 8 N–H and O–H groups in total. The van der Waals surface area contributed by atoms with E-state index in [1.165, 1.54) is 0 Å². The Morgan fingerprint density at radius 3 is 1.26 bits per heavy atom. The van der Waals surface area contributed by atoms with Crippen molar-refractivity contribution < 1.29 is 19.8 Å². The van der Waals surface area contributed by atoms with E-state index in [1.807, 2.05) is 0 Å². The molecule has 2 atom stereocenters. The molecule has 0 aliphatic rings. The second-order valence-corrected chi connectivity index (χ2v) is 3.71. The summed E-state index contributed by atoms with van der Waals surface area (Å²) in [6, 6.07) is -1.71. The Morgan fingerprint density at radius 2 is 1.11 bits per heavy atom. The van der Waals surface area contributed by atoms with Crippen molar-refractivity contribution >= 4 is 49.7 Å². The summed E-state index contributed by atoms with van der Waals surface area (Å²) >= 11 is 0. The Bertz CT molecular complexity index is 220. The van der Waals surface area contributed by atoms with Crippen LogP contribution >= 0.6 is 0 Å². The first kappa shape index (κ1) is 24.1. The smallest absolute Gasteiger partial charge is 0.548 e. The molecule has 9 heteroatoms. The fraction of sp³-hybridized carbons (Fsp3) is 0.800. The molecule has 0 heterocycles. The van der Waals surface area contributed by atoms with E-state index in [2.05, 4.69) is 0 Å². The molecule has 0 aromatic rings. The molecule has 0 bridgehead atoms. The van der Waals surface area contributed by atoms with Crippen LogP contribution in [0.2, 0.25) is 0 Å². The molecule has 0 aromatic carbocycles. The number of carboxylic acid groups (broad SMARTS) is 2. The zero-order valence-electron chi connectivity index (χ0n) is 11.0. The summed E-state index contributed by atoms with van der Waals surface area (Å²) in [5, 5.41) is 19.9. The summed E-state index contributed by atoms with van der Waals surface area (Å²) < 4.78 is 0. The van der Waals surface area contributed by atoms with E-state index in [1.54, 1.807) is 0 Å². The van der Waals surface area contributed by atoms with Gasteiger partial charge in [-0.1, -0.05) is 0 Å². The Balaban J connectivity index is -0.000000256. The molecule has 108 valence electrons. The number of nitrogens with two attached hydrogens (primary N) is 4. The molecule has 0 fully saturated rings. The first-order valence-corrected chi connectivity index (χ1v) is 5.69. The average Bonchev–Trinajstić information content (AvgIpc) is 2.33. The van der Waals surface area contributed by atoms with Crippen molar-refractivity contribution in [3.8, 4) is 0 Å². The van der Waals surface area contributed by atoms with Gasteiger partial charge in [-0.05, 0) is 38.8 Å². The summed E-state index contributed by atoms with van der Waals surface area (Å²) in [6.07, 6.45) is 2.07. The SMILES string of the molecule is NCCC[C@H](N)C(=O)[O-].NCCC[C@H](N)C(=O)[O-].[Ca+2]. The Labute approximate surface area is 142 Å². The van der Waals surface area contributed by atoms with Crippen molar-refractivity contribution in [2.75, 3.05) is 13.1 Å². The zero-order chi connectivity index (χ0) is 14.6. The number of carbonyl (C=O) groups excluding carboxylic acids is 2. The molecule has 0 aromatic heterocycles. The van der Waals surface area contributed by atoms with E-state index >= 15 is 0 Å². The molecule has 8 nitrogen and oxygen atoms in total. The van der Waals surface area contributed by atoms with Crippen molar-refractivity contribution in [2.24, 2.45) is 22.9 Å². The summed E-state index contributed by atoms with van der Waals surface area (Å²) in [5.74, 6) is -2.41. The van der Waals surface area contributed by atoms with Crippen LogP contribution in [0.15, 0.2) is 0 Å². The molecule has 0 unspecified atom stereocenters. The van der Waals surface area contributed by atoms with Crippen LogP contribution in [0.25, 0.3) is 0 Å². The van der Waals surface area contributed by atoms with E-state index in [9.17, 15) is 19.8 Å². The minimum absolute atomic E-state index is 0. The van der Waals surface area contributed by atoms with Crippen LogP contribution in [0, 0.1) is 0 Å². The predicted molar refractivity (Wildman–Crippen MR) is 68.3 cm³/mol. The molecule has 0 aliphatic heterocycles. The molecule has 0 spiro atoms. The van der Waals surface area contributed by atoms with E-state index in [0.29, 0.717) is 38.8 Å². The molecule has 0 saturated heterocycles. The number of carbonyl (C=O) groups is 2. The van der Waals surface area contributed by atoms with Crippen molar-refractivity contribution in [3.63, 3.8) is 0 Å². The van der Waals surface area contributed by atoms with E-state index in [4.69, 9.17) is 22.9 Å². The average molecular weight is 302 g/mol. The number of aliphatic carboxylic acids is 2. The minimum atomic E-state index is -1.21. The van der Waals surface area contributed by atoms with Gasteiger partial charge in [0.25, 0.3) is 0 Å². The molecule has 19 heavy (non-hydrogen) atoms. The van der Waals surface area contributed by atoms with Gasteiger partial charge < -0.3 is 42.7 Å². The quantitative estimate of drug-likeness (QED) is 0.322. The van der Waals surface area contributed by atoms with Gasteiger partial charge in [0, 0.05) is 12.1 Å². The molecule has 0 saturated carbocycles. The minimum Gasteiger partial charge on any atom is -0.548 e. The van der Waals surface area contributed by atoms with Crippen LogP contribution in [0.1, 0.15) is 25.7 Å². The molecule has 0 aliphatic carbocycles. The number of hydrogen-bond donors (Lipinski definition) is 4. The largest absolute Gasteiger partial charge is 2.00 e. The normalized spacial score (nSPS) is 12.4. The molecular formula is C10H22CaN4O4. The Hall–Kier alpha value is 0.0397. The fourth-order valence-corrected chi connectivity index (χ4v) is 0.911. The Morgan fingerprint density at radius 1 is 0.842 bits per heavy atom. The number of carboxylic acids is 2. The van der Waals surface area contributed by atoms with Crippen LogP contribution in [-0.4, -0.2) is 74.9 Å². The van der Waals surface area contributed by atoms with Gasteiger partial charge in [-0.25, -0.2) is 0 Å². The monoisotopic (exact) mass is 302 g/mol. The summed E-state index contributed by atoms with van der Waals surface area (Å²) in [6.45, 7) is 0.946. The van der Waals surface area contributed by atoms with E-state index < -0.39 is 24.0 Å². The second-order valence-electron chi connectivity index (χ2n) is 3.71. The third kappa shape index (κ3) is 18.0. The van der Waals surface area contributed by atoms with Gasteiger partial charge in [0.15, 0.2) is 0 Å². The van der Waals surface area contributed by atoms with Gasteiger partial charge in [-0.3, -0.25) is 0 Å². The van der Waals surface area contributed by atoms with Gasteiger partial charge in [0.2, 0.25) is 0 Å². The fourth-order valence-electron chi connectivity index (χ4n) is 0.911. The maximum Gasteiger partial charge on any atom is 2.00 e. The van der Waals surface area contributed by atoms with Crippen LogP contribution in [-0.2, 0) is 9.59 Å². The molecular weight excluding hydrogens is 280 g/mol. The van der Waals surface area contributed by atoms with E-state index in [-0.39, 0.29) is 37.7 Å². The van der Waals surface area contributed by atoms with Crippen molar-refractivity contribution in [3.05, 3.63) is 0 Å². The molecule has 0 radical (unpaired) electrons. The van der Waals surface area contributed by atoms with Crippen LogP contribution < -0.4 is 33.1 Å². The van der Waals surface area contributed by atoms with Gasteiger partial charge in [-0.2, -0.15) is 0 Å². The third-order valence-electron chi connectivity index (χ3n) is 2.04. The van der Waals surface area contributed by atoms with Crippen molar-refractivity contribution in [1.29, 1.82) is 0 Å². The first-order chi connectivity index (χ1) is 8.36. The third-order valence-corrected chi connectivity index (χ3v) is 2.04. The van der Waals surface area contributed by atoms with Crippen LogP contribution in [0.5, 0.6) is 0 Å². The first-order valence-electron chi connectivity index (χ1n) is 5.69. The van der Waals surface area contributed by atoms with E-state index in [0.717, 1.165) is 0 Å². The Kier molecular flexibility index (Phi) is 20.4. The molecule has 0 rings (SSSR count). The van der Waals surface area contributed by atoms with Gasteiger partial charge >= 0.3 is 37.7 Å². The summed E-state index contributed by atoms with van der Waals surface area (Å²) in [5.41, 5.74) is 20.4. The molecule has 0 amide bonds. The standard InChI is InChI=1S/2C5H12N2O2.Ca/c2*6-3-1-2-4(7)5(8)9;/h2*4H,1-3,6-7H2,(H,8,9);/q;;+2/p-2/t2*4-;/m00./s1. The van der Waals surface area contributed by atoms with Gasteiger partial charge in [0.05, 0.1) is 11.9 Å². The summed E-state index contributed by atoms with van der Waals surface area (Å²) in [7, 11) is 0. The van der Waals surface area contributed by atoms with Crippen LogP contribution in [0.3, 0.4) is 0 Å². The summed E-state index contributed by atoms with van der Waals surface area (Å²) in [4.78, 5) is 19.9. The van der Waals surface area contributed by atoms with Crippen LogP contribution in [0.4, 0.5) is 0 Å². The topological polar surface area (TPSA) is 184 Å². The zero-order valence-corrected chi connectivity index (χ0v) is 13.3. The maximum atomic E-state index is 9.93. The number of hydrogen-bond acceptors (Lipinski definition) is 8. The maximum absolute atomic E-state index is 9.93.